The molecule has 6 rings (SSSR count). The van der Waals surface area contributed by atoms with Gasteiger partial charge < -0.3 is 46.5 Å². The summed E-state index contributed by atoms with van der Waals surface area (Å²) in [6, 6.07) is 0.301. The highest BCUT2D eigenvalue weighted by atomic mass is 32.2. The quantitative estimate of drug-likeness (QED) is 0.269. The number of amides is 1. The lowest BCUT2D eigenvalue weighted by molar-refractivity contribution is -0.133. The summed E-state index contributed by atoms with van der Waals surface area (Å²) in [7, 11) is 0. The van der Waals surface area contributed by atoms with Crippen molar-refractivity contribution in [1.82, 2.24) is 20.9 Å². The van der Waals surface area contributed by atoms with Crippen LogP contribution in [0, 0.1) is 5.92 Å². The molecule has 1 amide bonds. The highest BCUT2D eigenvalue weighted by Gasteiger charge is 2.51. The number of thioether (sulfide) groups is 1. The average molecular weight is 565 g/mol. The molecule has 11 nitrogen and oxygen atoms in total. The van der Waals surface area contributed by atoms with Gasteiger partial charge in [0.15, 0.2) is 17.8 Å². The maximum Gasteiger partial charge on any atom is 0.236 e. The predicted octanol–water partition coefficient (Wildman–Crippen LogP) is -0.602. The summed E-state index contributed by atoms with van der Waals surface area (Å²) < 4.78 is 17.9. The van der Waals surface area contributed by atoms with E-state index >= 15 is 0 Å². The molecule has 8 unspecified atom stereocenters. The zero-order valence-corrected chi connectivity index (χ0v) is 23.4. The number of ether oxygens (including phenoxy) is 3. The van der Waals surface area contributed by atoms with Crippen LogP contribution in [0.5, 0.6) is 0 Å². The number of carbonyl (C=O) groups excluding carboxylic acids is 2. The van der Waals surface area contributed by atoms with Gasteiger partial charge >= 0.3 is 0 Å². The van der Waals surface area contributed by atoms with Crippen LogP contribution >= 0.6 is 11.8 Å². The van der Waals surface area contributed by atoms with Crippen LogP contribution < -0.4 is 27.4 Å². The van der Waals surface area contributed by atoms with Gasteiger partial charge in [0.05, 0.1) is 25.2 Å². The van der Waals surface area contributed by atoms with E-state index in [9.17, 15) is 9.59 Å². The Bertz CT molecular complexity index is 934. The summed E-state index contributed by atoms with van der Waals surface area (Å²) in [5, 5.41) is 11.4. The third-order valence-electron chi connectivity index (χ3n) is 9.34. The van der Waals surface area contributed by atoms with Crippen molar-refractivity contribution in [2.45, 2.75) is 98.0 Å². The number of rotatable bonds is 7. The first-order chi connectivity index (χ1) is 19.0. The number of primary amides is 1. The molecule has 12 heteroatoms. The van der Waals surface area contributed by atoms with Gasteiger partial charge in [0.1, 0.15) is 12.1 Å². The van der Waals surface area contributed by atoms with E-state index in [1.54, 1.807) is 6.08 Å². The molecule has 218 valence electrons. The summed E-state index contributed by atoms with van der Waals surface area (Å²) in [5.41, 5.74) is 12.2. The van der Waals surface area contributed by atoms with E-state index in [0.29, 0.717) is 43.5 Å². The molecule has 1 aliphatic carbocycles. The monoisotopic (exact) mass is 564 g/mol. The van der Waals surface area contributed by atoms with Crippen molar-refractivity contribution in [3.63, 3.8) is 0 Å². The summed E-state index contributed by atoms with van der Waals surface area (Å²) in [4.78, 5) is 27.3. The standard InChI is InChI=1S/C27H44N6O5S/c28-17-3-1-2-4-18(17)31-15-11-19(24(27(29)35)30-13-15)32-22-6-5-21(39-22)16-14-37-26-20(34)12-23(38-25(16)26)33-7-9-36-10-8-33/h12,15-19,21-22,24-26,30-32H,1-11,13-14,28H2,(H2,29,35)/t15?,16?,17-,18+,19?,21?,22?,24?,25?,26?/m1/s1. The number of piperidine rings is 1. The molecule has 1 saturated carbocycles. The second kappa shape index (κ2) is 12.2. The highest BCUT2D eigenvalue weighted by Crippen LogP contribution is 2.44. The topological polar surface area (TPSA) is 153 Å². The minimum absolute atomic E-state index is 0.00159. The minimum Gasteiger partial charge on any atom is -0.472 e. The summed E-state index contributed by atoms with van der Waals surface area (Å²) in [5.74, 6) is 0.482. The van der Waals surface area contributed by atoms with Crippen LogP contribution in [-0.4, -0.2) is 109 Å². The lowest BCUT2D eigenvalue weighted by Crippen LogP contribution is -2.66. The van der Waals surface area contributed by atoms with Gasteiger partial charge in [-0.2, -0.15) is 0 Å². The van der Waals surface area contributed by atoms with Crippen molar-refractivity contribution in [2.75, 3.05) is 39.5 Å². The van der Waals surface area contributed by atoms with Crippen molar-refractivity contribution in [1.29, 1.82) is 0 Å². The number of fused-ring (bicyclic) bond motifs is 1. The Morgan fingerprint density at radius 2 is 1.92 bits per heavy atom. The maximum absolute atomic E-state index is 12.9. The van der Waals surface area contributed by atoms with Gasteiger partial charge in [0.25, 0.3) is 0 Å². The van der Waals surface area contributed by atoms with Crippen LogP contribution in [0.25, 0.3) is 0 Å². The van der Waals surface area contributed by atoms with E-state index in [-0.39, 0.29) is 47.2 Å². The van der Waals surface area contributed by atoms with Gasteiger partial charge in [-0.3, -0.25) is 9.59 Å². The SMILES string of the molecule is NC(=O)C1NCC(N[C@H]2CCCC[C@H]2N)CC1NC1CCC(C2COC3C(=O)C=C(N4CCOCC4)OC32)S1. The van der Waals surface area contributed by atoms with Crippen molar-refractivity contribution in [3.8, 4) is 0 Å². The Labute approximate surface area is 234 Å². The van der Waals surface area contributed by atoms with E-state index in [0.717, 1.165) is 45.2 Å². The molecule has 10 atom stereocenters. The lowest BCUT2D eigenvalue weighted by Gasteiger charge is -2.41. The molecule has 0 radical (unpaired) electrons. The van der Waals surface area contributed by atoms with Gasteiger partial charge in [0.2, 0.25) is 5.91 Å². The molecule has 6 aliphatic rings. The number of carbonyl (C=O) groups is 2. The number of hydrogen-bond acceptors (Lipinski definition) is 11. The summed E-state index contributed by atoms with van der Waals surface area (Å²) >= 11 is 1.89. The Balaban J connectivity index is 1.06. The fourth-order valence-electron chi connectivity index (χ4n) is 7.20. The minimum atomic E-state index is -0.521. The van der Waals surface area contributed by atoms with Crippen LogP contribution in [0.15, 0.2) is 12.0 Å². The normalized spacial score (nSPS) is 43.1. The molecule has 0 aromatic carbocycles. The highest BCUT2D eigenvalue weighted by molar-refractivity contribution is 8.00. The molecule has 0 bridgehead atoms. The zero-order valence-electron chi connectivity index (χ0n) is 22.6. The van der Waals surface area contributed by atoms with Gasteiger partial charge in [-0.25, -0.2) is 0 Å². The molecule has 0 spiro atoms. The molecule has 5 heterocycles. The predicted molar refractivity (Wildman–Crippen MR) is 148 cm³/mol. The Hall–Kier alpha value is -1.41. The van der Waals surface area contributed by atoms with E-state index in [1.807, 2.05) is 11.8 Å². The number of nitrogens with zero attached hydrogens (tertiary/aromatic N) is 1. The van der Waals surface area contributed by atoms with Crippen molar-refractivity contribution >= 4 is 23.5 Å². The maximum atomic E-state index is 12.9. The van der Waals surface area contributed by atoms with Crippen LogP contribution in [0.1, 0.15) is 44.9 Å². The second-order valence-corrected chi connectivity index (χ2v) is 13.4. The first-order valence-electron chi connectivity index (χ1n) is 14.8. The van der Waals surface area contributed by atoms with Crippen LogP contribution in [0.3, 0.4) is 0 Å². The number of morpholine rings is 1. The lowest BCUT2D eigenvalue weighted by atomic mass is 9.88. The average Bonchev–Trinajstić information content (AvgIpc) is 3.58. The molecule has 4 saturated heterocycles. The third-order valence-corrected chi connectivity index (χ3v) is 11.0. The van der Waals surface area contributed by atoms with Gasteiger partial charge in [-0.15, -0.1) is 11.8 Å². The molecule has 0 aromatic heterocycles. The van der Waals surface area contributed by atoms with Gasteiger partial charge in [-0.1, -0.05) is 12.8 Å². The largest absolute Gasteiger partial charge is 0.472 e. The smallest absolute Gasteiger partial charge is 0.236 e. The Kier molecular flexibility index (Phi) is 8.69. The molecule has 5 fully saturated rings. The molecular weight excluding hydrogens is 520 g/mol. The number of nitrogens with one attached hydrogen (secondary N) is 3. The third kappa shape index (κ3) is 6.12. The number of ketones is 1. The van der Waals surface area contributed by atoms with Crippen LogP contribution in [0.2, 0.25) is 0 Å². The Morgan fingerprint density at radius 3 is 2.72 bits per heavy atom. The van der Waals surface area contributed by atoms with Gasteiger partial charge in [-0.05, 0) is 32.1 Å². The van der Waals surface area contributed by atoms with Crippen molar-refractivity contribution < 1.29 is 23.8 Å². The zero-order chi connectivity index (χ0) is 26.9. The molecule has 39 heavy (non-hydrogen) atoms. The number of hydrogen-bond donors (Lipinski definition) is 5. The van der Waals surface area contributed by atoms with E-state index in [4.69, 9.17) is 25.7 Å². The first kappa shape index (κ1) is 27.7. The Morgan fingerprint density at radius 1 is 1.10 bits per heavy atom. The first-order valence-corrected chi connectivity index (χ1v) is 15.7. The van der Waals surface area contributed by atoms with E-state index in [2.05, 4.69) is 20.9 Å². The van der Waals surface area contributed by atoms with Gasteiger partial charge in [0, 0.05) is 61.0 Å². The van der Waals surface area contributed by atoms with E-state index < -0.39 is 12.1 Å². The molecular formula is C27H44N6O5S. The van der Waals surface area contributed by atoms with Crippen LogP contribution in [-0.2, 0) is 23.8 Å². The molecule has 7 N–H and O–H groups in total. The molecule has 0 aromatic rings. The van der Waals surface area contributed by atoms with Crippen molar-refractivity contribution in [2.24, 2.45) is 17.4 Å². The van der Waals surface area contributed by atoms with E-state index in [1.165, 1.54) is 12.8 Å². The molecule has 5 aliphatic heterocycles. The fraction of sp³-hybridized carbons (Fsp3) is 0.852. The fourth-order valence-corrected chi connectivity index (χ4v) is 8.86. The summed E-state index contributed by atoms with van der Waals surface area (Å²) in [6.45, 7) is 3.97. The second-order valence-electron chi connectivity index (χ2n) is 11.9. The van der Waals surface area contributed by atoms with Crippen LogP contribution in [0.4, 0.5) is 0 Å². The summed E-state index contributed by atoms with van der Waals surface area (Å²) in [6.07, 6.45) is 8.22. The van der Waals surface area contributed by atoms with Crippen molar-refractivity contribution in [3.05, 3.63) is 12.0 Å². The number of nitrogens with two attached hydrogens (primary N) is 2.